The molecule has 3 fully saturated rings. The van der Waals surface area contributed by atoms with Gasteiger partial charge in [0.25, 0.3) is 0 Å². The Morgan fingerprint density at radius 3 is 2.42 bits per heavy atom. The fourth-order valence-electron chi connectivity index (χ4n) is 8.01. The van der Waals surface area contributed by atoms with E-state index in [0.717, 1.165) is 77.2 Å². The summed E-state index contributed by atoms with van der Waals surface area (Å²) in [6.45, 7) is 6.15. The first kappa shape index (κ1) is 23.3. The maximum Gasteiger partial charge on any atom is 0.303 e. The summed E-state index contributed by atoms with van der Waals surface area (Å²) in [7, 11) is 0. The van der Waals surface area contributed by atoms with Crippen molar-refractivity contribution < 1.29 is 28.5 Å². The molecular weight excluding hydrogens is 420 g/mol. The van der Waals surface area contributed by atoms with Crippen LogP contribution in [0, 0.1) is 23.2 Å². The zero-order valence-corrected chi connectivity index (χ0v) is 20.5. The fraction of sp³-hybridized carbons (Fsp3) is 0.852. The number of hydrogen-bond acceptors (Lipinski definition) is 6. The fourth-order valence-corrected chi connectivity index (χ4v) is 8.01. The van der Waals surface area contributed by atoms with Crippen LogP contribution in [0.5, 0.6) is 0 Å². The first-order valence-electron chi connectivity index (χ1n) is 13.2. The van der Waals surface area contributed by atoms with Crippen molar-refractivity contribution in [2.75, 3.05) is 6.61 Å². The summed E-state index contributed by atoms with van der Waals surface area (Å²) < 4.78 is 23.9. The van der Waals surface area contributed by atoms with Gasteiger partial charge in [-0.2, -0.15) is 0 Å². The molecule has 0 N–H and O–H groups in total. The van der Waals surface area contributed by atoms with E-state index < -0.39 is 0 Å². The third-order valence-corrected chi connectivity index (χ3v) is 9.40. The summed E-state index contributed by atoms with van der Waals surface area (Å²) in [4.78, 5) is 23.7. The lowest BCUT2D eigenvalue weighted by molar-refractivity contribution is -0.212. The van der Waals surface area contributed by atoms with Gasteiger partial charge in [-0.05, 0) is 94.0 Å². The van der Waals surface area contributed by atoms with E-state index in [9.17, 15) is 9.59 Å². The van der Waals surface area contributed by atoms with Crippen molar-refractivity contribution in [2.45, 2.75) is 116 Å². The van der Waals surface area contributed by atoms with E-state index in [1.807, 2.05) is 0 Å². The Kier molecular flexibility index (Phi) is 6.60. The minimum absolute atomic E-state index is 0.0600. The van der Waals surface area contributed by atoms with Gasteiger partial charge in [0, 0.05) is 25.9 Å². The Morgan fingerprint density at radius 2 is 1.70 bits per heavy atom. The first-order chi connectivity index (χ1) is 15.9. The molecule has 0 aromatic rings. The van der Waals surface area contributed by atoms with Crippen molar-refractivity contribution in [2.24, 2.45) is 23.2 Å². The first-order valence-corrected chi connectivity index (χ1v) is 13.2. The Bertz CT molecular complexity index is 798. The van der Waals surface area contributed by atoms with Crippen molar-refractivity contribution in [1.29, 1.82) is 0 Å². The van der Waals surface area contributed by atoms with E-state index in [2.05, 4.69) is 6.92 Å². The standard InChI is InChI=1S/C27H40O6/c1-16(28)31-24-12-10-22-20-7-8-21-18(19(20)13-14-27(22,24)3)9-11-23(26(21)32-17(2)29)33-25-6-4-5-15-30-25/h19-20,22-26H,4-15H2,1-3H3/t19-,20-,22+,23-,24+,25?,26-,27+/m1/s1. The molecule has 0 amide bonds. The smallest absolute Gasteiger partial charge is 0.303 e. The van der Waals surface area contributed by atoms with E-state index in [0.29, 0.717) is 17.8 Å². The zero-order chi connectivity index (χ0) is 23.2. The zero-order valence-electron chi connectivity index (χ0n) is 20.5. The van der Waals surface area contributed by atoms with Crippen LogP contribution in [-0.2, 0) is 28.5 Å². The Labute approximate surface area is 197 Å². The summed E-state index contributed by atoms with van der Waals surface area (Å²) >= 11 is 0. The van der Waals surface area contributed by atoms with Gasteiger partial charge in [-0.15, -0.1) is 0 Å². The monoisotopic (exact) mass is 460 g/mol. The van der Waals surface area contributed by atoms with E-state index in [-0.39, 0.29) is 42.0 Å². The maximum atomic E-state index is 12.0. The Hall–Kier alpha value is -1.40. The maximum absolute atomic E-state index is 12.0. The summed E-state index contributed by atoms with van der Waals surface area (Å²) in [5.41, 5.74) is 2.97. The van der Waals surface area contributed by atoms with E-state index >= 15 is 0 Å². The van der Waals surface area contributed by atoms with E-state index in [1.165, 1.54) is 19.4 Å². The minimum atomic E-state index is -0.275. The molecule has 33 heavy (non-hydrogen) atoms. The Balaban J connectivity index is 1.36. The van der Waals surface area contributed by atoms with Gasteiger partial charge in [0.15, 0.2) is 6.29 Å². The molecule has 0 aromatic carbocycles. The molecule has 1 saturated heterocycles. The summed E-state index contributed by atoms with van der Waals surface area (Å²) in [6.07, 6.45) is 11.0. The molecule has 6 nitrogen and oxygen atoms in total. The molecule has 0 radical (unpaired) electrons. The molecule has 0 spiro atoms. The summed E-state index contributed by atoms with van der Waals surface area (Å²) in [5, 5.41) is 0. The molecule has 6 heteroatoms. The van der Waals surface area contributed by atoms with Crippen molar-refractivity contribution in [3.05, 3.63) is 11.1 Å². The number of hydrogen-bond donors (Lipinski definition) is 0. The van der Waals surface area contributed by atoms with Gasteiger partial charge < -0.3 is 18.9 Å². The van der Waals surface area contributed by atoms with Crippen LogP contribution in [0.3, 0.4) is 0 Å². The average Bonchev–Trinajstić information content (AvgIpc) is 3.11. The van der Waals surface area contributed by atoms with Crippen molar-refractivity contribution in [1.82, 2.24) is 0 Å². The van der Waals surface area contributed by atoms with Gasteiger partial charge in [0.05, 0.1) is 0 Å². The molecule has 5 aliphatic rings. The molecule has 1 heterocycles. The van der Waals surface area contributed by atoms with Crippen molar-refractivity contribution in [3.63, 3.8) is 0 Å². The second-order valence-corrected chi connectivity index (χ2v) is 11.2. The van der Waals surface area contributed by atoms with Crippen LogP contribution in [0.25, 0.3) is 0 Å². The van der Waals surface area contributed by atoms with Gasteiger partial charge in [-0.1, -0.05) is 12.5 Å². The van der Waals surface area contributed by atoms with Crippen LogP contribution in [0.4, 0.5) is 0 Å². The van der Waals surface area contributed by atoms with Crippen LogP contribution >= 0.6 is 0 Å². The molecule has 4 aliphatic carbocycles. The molecule has 0 aromatic heterocycles. The van der Waals surface area contributed by atoms with Crippen molar-refractivity contribution >= 4 is 11.9 Å². The predicted molar refractivity (Wildman–Crippen MR) is 122 cm³/mol. The number of ether oxygens (including phenoxy) is 4. The number of carbonyl (C=O) groups is 2. The molecule has 1 aliphatic heterocycles. The van der Waals surface area contributed by atoms with Gasteiger partial charge >= 0.3 is 11.9 Å². The van der Waals surface area contributed by atoms with Gasteiger partial charge in [0.1, 0.15) is 18.3 Å². The average molecular weight is 461 g/mol. The highest BCUT2D eigenvalue weighted by Gasteiger charge is 2.57. The lowest BCUT2D eigenvalue weighted by Gasteiger charge is -2.52. The quantitative estimate of drug-likeness (QED) is 0.430. The SMILES string of the molecule is CC(=O)O[C@@H]1C2=C(CC[C@H]1OC1CCCCO1)[C@H]1CC[C@]3(C)[C@@H](OC(C)=O)CC[C@H]3[C@@H]1CC2. The van der Waals surface area contributed by atoms with Gasteiger partial charge in [0.2, 0.25) is 0 Å². The third-order valence-electron chi connectivity index (χ3n) is 9.40. The van der Waals surface area contributed by atoms with E-state index in [4.69, 9.17) is 18.9 Å². The van der Waals surface area contributed by atoms with Gasteiger partial charge in [-0.3, -0.25) is 9.59 Å². The number of fused-ring (bicyclic) bond motifs is 4. The molecule has 2 saturated carbocycles. The van der Waals surface area contributed by atoms with Gasteiger partial charge in [-0.25, -0.2) is 0 Å². The molecule has 8 atom stereocenters. The summed E-state index contributed by atoms with van der Waals surface area (Å²) in [5.74, 6) is 1.42. The lowest BCUT2D eigenvalue weighted by Crippen LogP contribution is -2.49. The highest BCUT2D eigenvalue weighted by molar-refractivity contribution is 5.67. The number of allylic oxidation sites excluding steroid dienone is 1. The Morgan fingerprint density at radius 1 is 0.909 bits per heavy atom. The van der Waals surface area contributed by atoms with Crippen LogP contribution in [0.15, 0.2) is 11.1 Å². The third kappa shape index (κ3) is 4.38. The minimum Gasteiger partial charge on any atom is -0.462 e. The summed E-state index contributed by atoms with van der Waals surface area (Å²) in [6, 6.07) is 0. The normalized spacial score (nSPS) is 42.7. The van der Waals surface area contributed by atoms with Crippen LogP contribution in [0.2, 0.25) is 0 Å². The largest absolute Gasteiger partial charge is 0.462 e. The second kappa shape index (κ2) is 9.33. The molecule has 0 bridgehead atoms. The van der Waals surface area contributed by atoms with E-state index in [1.54, 1.807) is 5.57 Å². The van der Waals surface area contributed by atoms with Crippen LogP contribution < -0.4 is 0 Å². The molecular formula is C27H40O6. The lowest BCUT2D eigenvalue weighted by atomic mass is 9.54. The number of carbonyl (C=O) groups excluding carboxylic acids is 2. The van der Waals surface area contributed by atoms with Crippen LogP contribution in [-0.4, -0.2) is 43.1 Å². The van der Waals surface area contributed by atoms with Crippen LogP contribution in [0.1, 0.15) is 91.4 Å². The highest BCUT2D eigenvalue weighted by Crippen LogP contribution is 2.62. The predicted octanol–water partition coefficient (Wildman–Crippen LogP) is 5.09. The molecule has 184 valence electrons. The molecule has 1 unspecified atom stereocenters. The second-order valence-electron chi connectivity index (χ2n) is 11.2. The topological polar surface area (TPSA) is 71.1 Å². The van der Waals surface area contributed by atoms with Crippen molar-refractivity contribution in [3.8, 4) is 0 Å². The molecule has 5 rings (SSSR count). The number of rotatable bonds is 4. The highest BCUT2D eigenvalue weighted by atomic mass is 16.7. The number of esters is 2.